The first kappa shape index (κ1) is 33.7. The third kappa shape index (κ3) is 7.33. The monoisotopic (exact) mass is 702 g/mol. The van der Waals surface area contributed by atoms with E-state index in [4.69, 9.17) is 29.9 Å². The highest BCUT2D eigenvalue weighted by molar-refractivity contribution is 6.00. The molecule has 0 atom stereocenters. The van der Waals surface area contributed by atoms with E-state index in [0.29, 0.717) is 46.4 Å². The van der Waals surface area contributed by atoms with Gasteiger partial charge in [0.05, 0.1) is 17.9 Å². The van der Waals surface area contributed by atoms with Crippen molar-refractivity contribution in [2.75, 3.05) is 23.4 Å². The molecule has 8 aromatic rings. The van der Waals surface area contributed by atoms with Crippen molar-refractivity contribution in [2.24, 2.45) is 0 Å². The van der Waals surface area contributed by atoms with E-state index in [-0.39, 0.29) is 12.3 Å². The van der Waals surface area contributed by atoms with Crippen LogP contribution >= 0.6 is 0 Å². The van der Waals surface area contributed by atoms with Crippen molar-refractivity contribution in [3.8, 4) is 45.6 Å². The van der Waals surface area contributed by atoms with Crippen LogP contribution in [0.1, 0.15) is 10.4 Å². The van der Waals surface area contributed by atoms with Gasteiger partial charge in [0.1, 0.15) is 0 Å². The van der Waals surface area contributed by atoms with Crippen LogP contribution in [-0.4, -0.2) is 49.3 Å². The molecular weight excluding hydrogens is 669 g/mol. The Morgan fingerprint density at radius 3 is 1.15 bits per heavy atom. The highest BCUT2D eigenvalue weighted by Gasteiger charge is 2.25. The molecular formula is C45H34N8O. The third-order valence-corrected chi connectivity index (χ3v) is 8.85. The van der Waals surface area contributed by atoms with Gasteiger partial charge in [-0.3, -0.25) is 4.79 Å². The number of aromatic nitrogens is 6. The van der Waals surface area contributed by atoms with Gasteiger partial charge in [0.15, 0.2) is 29.1 Å². The van der Waals surface area contributed by atoms with Crippen LogP contribution < -0.4 is 9.80 Å². The summed E-state index contributed by atoms with van der Waals surface area (Å²) < 4.78 is 0. The molecule has 0 N–H and O–H groups in total. The maximum absolute atomic E-state index is 14.1. The van der Waals surface area contributed by atoms with E-state index in [1.807, 2.05) is 193 Å². The number of anilines is 4. The average Bonchev–Trinajstić information content (AvgIpc) is 3.26. The predicted molar refractivity (Wildman–Crippen MR) is 214 cm³/mol. The average molecular weight is 703 g/mol. The summed E-state index contributed by atoms with van der Waals surface area (Å²) in [5.74, 6) is 2.69. The summed E-state index contributed by atoms with van der Waals surface area (Å²) in [4.78, 5) is 47.6. The predicted octanol–water partition coefficient (Wildman–Crippen LogP) is 9.51. The Morgan fingerprint density at radius 2 is 0.741 bits per heavy atom. The Balaban J connectivity index is 1.30. The molecule has 0 aliphatic rings. The molecule has 0 radical (unpaired) electrons. The number of para-hydroxylation sites is 2. The normalized spacial score (nSPS) is 10.8. The van der Waals surface area contributed by atoms with Crippen LogP contribution in [0.4, 0.5) is 23.3 Å². The number of hydrogen-bond donors (Lipinski definition) is 0. The quantitative estimate of drug-likeness (QED) is 0.122. The van der Waals surface area contributed by atoms with Gasteiger partial charge in [0.25, 0.3) is 0 Å². The molecule has 0 aliphatic heterocycles. The Kier molecular flexibility index (Phi) is 9.66. The zero-order chi connectivity index (χ0) is 36.7. The topological polar surface area (TPSA) is 101 Å². The minimum absolute atomic E-state index is 0.0525. The fraction of sp³-hybridized carbons (Fsp3) is 0.0444. The zero-order valence-electron chi connectivity index (χ0n) is 29.4. The first-order valence-electron chi connectivity index (χ1n) is 17.5. The molecule has 0 bridgehead atoms. The van der Waals surface area contributed by atoms with Crippen LogP contribution in [0, 0.1) is 0 Å². The number of rotatable bonds is 11. The standard InChI is InChI=1S/C45H34N8O/c1-52(44-48-40(33-21-9-3-10-22-33)46-41(49-44)34-23-11-4-12-24-34)37-29-17-18-30-38(37)53(31-39(54)32-19-7-2-8-20-32)45-50-42(35-25-13-5-14-26-35)47-43(51-45)36-27-15-6-16-28-36/h2-30H,31H2,1H3. The van der Waals surface area contributed by atoms with Crippen LogP contribution in [-0.2, 0) is 0 Å². The summed E-state index contributed by atoms with van der Waals surface area (Å²) in [5.41, 5.74) is 5.35. The summed E-state index contributed by atoms with van der Waals surface area (Å²) in [6.45, 7) is -0.0525. The smallest absolute Gasteiger partial charge is 0.234 e. The largest absolute Gasteiger partial charge is 0.311 e. The van der Waals surface area contributed by atoms with E-state index in [9.17, 15) is 4.79 Å². The molecule has 2 heterocycles. The van der Waals surface area contributed by atoms with Gasteiger partial charge in [-0.1, -0.05) is 164 Å². The summed E-state index contributed by atoms with van der Waals surface area (Å²) in [6, 6.07) is 56.3. The lowest BCUT2D eigenvalue weighted by Crippen LogP contribution is -2.29. The summed E-state index contributed by atoms with van der Waals surface area (Å²) in [6.07, 6.45) is 0. The molecule has 9 nitrogen and oxygen atoms in total. The van der Waals surface area contributed by atoms with Gasteiger partial charge < -0.3 is 9.80 Å². The van der Waals surface area contributed by atoms with E-state index in [0.717, 1.165) is 27.9 Å². The van der Waals surface area contributed by atoms with Crippen molar-refractivity contribution in [3.63, 3.8) is 0 Å². The highest BCUT2D eigenvalue weighted by Crippen LogP contribution is 2.37. The van der Waals surface area contributed by atoms with Crippen LogP contribution in [0.5, 0.6) is 0 Å². The molecule has 0 aliphatic carbocycles. The zero-order valence-corrected chi connectivity index (χ0v) is 29.4. The van der Waals surface area contributed by atoms with Crippen LogP contribution in [0.2, 0.25) is 0 Å². The Hall–Kier alpha value is -7.39. The van der Waals surface area contributed by atoms with Gasteiger partial charge in [-0.15, -0.1) is 0 Å². The van der Waals surface area contributed by atoms with E-state index in [1.54, 1.807) is 0 Å². The van der Waals surface area contributed by atoms with Crippen molar-refractivity contribution in [1.82, 2.24) is 29.9 Å². The second-order valence-electron chi connectivity index (χ2n) is 12.5. The first-order valence-corrected chi connectivity index (χ1v) is 17.5. The molecule has 0 spiro atoms. The van der Waals surface area contributed by atoms with Crippen LogP contribution in [0.25, 0.3) is 45.6 Å². The summed E-state index contributed by atoms with van der Waals surface area (Å²) in [7, 11) is 1.91. The number of benzene rings is 6. The molecule has 54 heavy (non-hydrogen) atoms. The van der Waals surface area contributed by atoms with Gasteiger partial charge in [0, 0.05) is 34.9 Å². The van der Waals surface area contributed by atoms with Crippen molar-refractivity contribution < 1.29 is 4.79 Å². The number of carbonyl (C=O) groups is 1. The minimum Gasteiger partial charge on any atom is -0.311 e. The Labute approximate surface area is 313 Å². The number of nitrogens with zero attached hydrogens (tertiary/aromatic N) is 8. The van der Waals surface area contributed by atoms with Gasteiger partial charge in [-0.05, 0) is 12.1 Å². The fourth-order valence-electron chi connectivity index (χ4n) is 6.07. The van der Waals surface area contributed by atoms with Crippen molar-refractivity contribution in [3.05, 3.63) is 181 Å². The molecule has 8 rings (SSSR count). The molecule has 0 unspecified atom stereocenters. The second-order valence-corrected chi connectivity index (χ2v) is 12.5. The van der Waals surface area contributed by atoms with Gasteiger partial charge in [-0.25, -0.2) is 9.97 Å². The van der Waals surface area contributed by atoms with E-state index >= 15 is 0 Å². The molecule has 9 heteroatoms. The SMILES string of the molecule is CN(c1nc(-c2ccccc2)nc(-c2ccccc2)n1)c1ccccc1N(CC(=O)c1ccccc1)c1nc(-c2ccccc2)nc(-c2ccccc2)n1. The number of carbonyl (C=O) groups excluding carboxylic acids is 1. The third-order valence-electron chi connectivity index (χ3n) is 8.85. The van der Waals surface area contributed by atoms with Gasteiger partial charge >= 0.3 is 0 Å². The van der Waals surface area contributed by atoms with Crippen LogP contribution in [0.3, 0.4) is 0 Å². The maximum atomic E-state index is 14.1. The van der Waals surface area contributed by atoms with Gasteiger partial charge in [-0.2, -0.15) is 19.9 Å². The lowest BCUT2D eigenvalue weighted by molar-refractivity contribution is 0.100. The molecule has 2 aromatic heterocycles. The summed E-state index contributed by atoms with van der Waals surface area (Å²) in [5, 5.41) is 0. The van der Waals surface area contributed by atoms with Gasteiger partial charge in [0.2, 0.25) is 11.9 Å². The number of hydrogen-bond acceptors (Lipinski definition) is 9. The molecule has 0 saturated carbocycles. The van der Waals surface area contributed by atoms with Crippen molar-refractivity contribution in [2.45, 2.75) is 0 Å². The molecule has 6 aromatic carbocycles. The minimum atomic E-state index is -0.103. The van der Waals surface area contributed by atoms with E-state index in [1.165, 1.54) is 0 Å². The Morgan fingerprint density at radius 1 is 0.407 bits per heavy atom. The molecule has 0 fully saturated rings. The van der Waals surface area contributed by atoms with E-state index in [2.05, 4.69) is 0 Å². The van der Waals surface area contributed by atoms with Crippen molar-refractivity contribution >= 4 is 29.1 Å². The summed E-state index contributed by atoms with van der Waals surface area (Å²) >= 11 is 0. The fourth-order valence-corrected chi connectivity index (χ4v) is 6.07. The second kappa shape index (κ2) is 15.5. The van der Waals surface area contributed by atoms with Crippen LogP contribution in [0.15, 0.2) is 176 Å². The van der Waals surface area contributed by atoms with Crippen molar-refractivity contribution in [1.29, 1.82) is 0 Å². The molecule has 260 valence electrons. The molecule has 0 saturated heterocycles. The van der Waals surface area contributed by atoms with E-state index < -0.39 is 0 Å². The number of Topliss-reactive ketones (excluding diaryl/α,β-unsaturated/α-hetero) is 1. The molecule has 0 amide bonds. The maximum Gasteiger partial charge on any atom is 0.234 e. The lowest BCUT2D eigenvalue weighted by atomic mass is 10.1. The first-order chi connectivity index (χ1) is 26.6. The lowest BCUT2D eigenvalue weighted by Gasteiger charge is -2.28. The number of ketones is 1. The Bertz CT molecular complexity index is 2390. The highest BCUT2D eigenvalue weighted by atomic mass is 16.1.